The van der Waals surface area contributed by atoms with Crippen molar-refractivity contribution >= 4 is 18.3 Å². The van der Waals surface area contributed by atoms with Crippen LogP contribution in [0.2, 0.25) is 0 Å². The lowest BCUT2D eigenvalue weighted by atomic mass is 10.00. The number of likely N-dealkylation sites (tertiary alicyclic amines) is 1. The van der Waals surface area contributed by atoms with Crippen molar-refractivity contribution in [2.75, 3.05) is 13.1 Å². The molecule has 4 nitrogen and oxygen atoms in total. The lowest BCUT2D eigenvalue weighted by molar-refractivity contribution is -0.137. The maximum Gasteiger partial charge on any atom is 0.227 e. The number of carbonyl (C=O) groups excluding carboxylic acids is 1. The van der Waals surface area contributed by atoms with Gasteiger partial charge in [0.1, 0.15) is 11.9 Å². The molecule has 24 heavy (non-hydrogen) atoms. The summed E-state index contributed by atoms with van der Waals surface area (Å²) in [6.45, 7) is 5.74. The third-order valence-corrected chi connectivity index (χ3v) is 5.28. The van der Waals surface area contributed by atoms with Gasteiger partial charge in [-0.2, -0.15) is 0 Å². The Morgan fingerprint density at radius 1 is 1.17 bits per heavy atom. The molecule has 3 rings (SSSR count). The standard InChI is InChI=1S/C19H28N2O2.ClH/c1-13-6-7-14(2)18(12-13)23-15-8-10-21(11-9-15)19(22)16-4-3-5-17(16)20;/h6-7,12,15-17H,3-5,8-11,20H2,1-2H3;1H. The predicted molar refractivity (Wildman–Crippen MR) is 98.7 cm³/mol. The largest absolute Gasteiger partial charge is 0.490 e. The first kappa shape index (κ1) is 19.1. The molecule has 5 heteroatoms. The Balaban J connectivity index is 0.00000208. The van der Waals surface area contributed by atoms with Crippen LogP contribution in [0.1, 0.15) is 43.2 Å². The number of hydrogen-bond acceptors (Lipinski definition) is 3. The summed E-state index contributed by atoms with van der Waals surface area (Å²) in [6, 6.07) is 6.37. The summed E-state index contributed by atoms with van der Waals surface area (Å²) in [7, 11) is 0. The van der Waals surface area contributed by atoms with Crippen molar-refractivity contribution in [3.8, 4) is 5.75 Å². The lowest BCUT2D eigenvalue weighted by Crippen LogP contribution is -2.47. The van der Waals surface area contributed by atoms with Gasteiger partial charge >= 0.3 is 0 Å². The molecule has 2 unspecified atom stereocenters. The van der Waals surface area contributed by atoms with E-state index in [0.29, 0.717) is 0 Å². The molecule has 1 saturated heterocycles. The van der Waals surface area contributed by atoms with Crippen molar-refractivity contribution in [1.82, 2.24) is 4.90 Å². The third-order valence-electron chi connectivity index (χ3n) is 5.28. The number of hydrogen-bond donors (Lipinski definition) is 1. The Hall–Kier alpha value is -1.26. The number of carbonyl (C=O) groups is 1. The van der Waals surface area contributed by atoms with Crippen LogP contribution >= 0.6 is 12.4 Å². The summed E-state index contributed by atoms with van der Waals surface area (Å²) in [5.74, 6) is 1.29. The zero-order valence-corrected chi connectivity index (χ0v) is 15.5. The summed E-state index contributed by atoms with van der Waals surface area (Å²) >= 11 is 0. The van der Waals surface area contributed by atoms with Crippen molar-refractivity contribution in [3.05, 3.63) is 29.3 Å². The second-order valence-electron chi connectivity index (χ2n) is 7.11. The van der Waals surface area contributed by atoms with Crippen LogP contribution in [0.15, 0.2) is 18.2 Å². The highest BCUT2D eigenvalue weighted by molar-refractivity contribution is 5.85. The maximum absolute atomic E-state index is 12.6. The monoisotopic (exact) mass is 352 g/mol. The molecule has 1 heterocycles. The molecule has 0 radical (unpaired) electrons. The number of halogens is 1. The highest BCUT2D eigenvalue weighted by atomic mass is 35.5. The maximum atomic E-state index is 12.6. The van der Waals surface area contributed by atoms with Crippen LogP contribution in [0, 0.1) is 19.8 Å². The normalized spacial score (nSPS) is 24.5. The lowest BCUT2D eigenvalue weighted by Gasteiger charge is -2.34. The molecule has 134 valence electrons. The van der Waals surface area contributed by atoms with Crippen LogP contribution in [-0.4, -0.2) is 36.0 Å². The van der Waals surface area contributed by atoms with E-state index in [9.17, 15) is 4.79 Å². The van der Waals surface area contributed by atoms with E-state index < -0.39 is 0 Å². The molecule has 1 aromatic carbocycles. The van der Waals surface area contributed by atoms with Crippen LogP contribution in [0.4, 0.5) is 0 Å². The Kier molecular flexibility index (Phi) is 6.53. The summed E-state index contributed by atoms with van der Waals surface area (Å²) in [5, 5.41) is 0. The SMILES string of the molecule is Cc1ccc(C)c(OC2CCN(C(=O)C3CCCC3N)CC2)c1.Cl. The molecule has 0 bridgehead atoms. The number of nitrogens with zero attached hydrogens (tertiary/aromatic N) is 1. The van der Waals surface area contributed by atoms with Gasteiger partial charge in [0, 0.05) is 32.0 Å². The minimum atomic E-state index is 0. The van der Waals surface area contributed by atoms with E-state index in [1.807, 2.05) is 4.90 Å². The molecule has 1 aliphatic carbocycles. The molecular weight excluding hydrogens is 324 g/mol. The van der Waals surface area contributed by atoms with Gasteiger partial charge in [0.05, 0.1) is 5.92 Å². The zero-order chi connectivity index (χ0) is 16.4. The first-order chi connectivity index (χ1) is 11.0. The molecule has 2 atom stereocenters. The van der Waals surface area contributed by atoms with Gasteiger partial charge in [-0.25, -0.2) is 0 Å². The van der Waals surface area contributed by atoms with Crippen LogP contribution < -0.4 is 10.5 Å². The fourth-order valence-corrected chi connectivity index (χ4v) is 3.74. The predicted octanol–water partition coefficient (Wildman–Crippen LogP) is 3.22. The highest BCUT2D eigenvalue weighted by Crippen LogP contribution is 2.28. The molecule has 1 amide bonds. The average molecular weight is 353 g/mol. The van der Waals surface area contributed by atoms with Crippen LogP contribution in [0.25, 0.3) is 0 Å². The van der Waals surface area contributed by atoms with Crippen LogP contribution in [0.3, 0.4) is 0 Å². The van der Waals surface area contributed by atoms with Crippen molar-refractivity contribution in [2.24, 2.45) is 11.7 Å². The number of rotatable bonds is 3. The van der Waals surface area contributed by atoms with Gasteiger partial charge in [-0.1, -0.05) is 18.6 Å². The molecule has 2 fully saturated rings. The fourth-order valence-electron chi connectivity index (χ4n) is 3.74. The van der Waals surface area contributed by atoms with E-state index in [2.05, 4.69) is 32.0 Å². The summed E-state index contributed by atoms with van der Waals surface area (Å²) in [6.07, 6.45) is 5.05. The Bertz CT molecular complexity index is 570. The van der Waals surface area contributed by atoms with Crippen LogP contribution in [-0.2, 0) is 4.79 Å². The first-order valence-corrected chi connectivity index (χ1v) is 8.83. The first-order valence-electron chi connectivity index (χ1n) is 8.83. The molecule has 1 aromatic rings. The quantitative estimate of drug-likeness (QED) is 0.908. The molecule has 1 saturated carbocycles. The van der Waals surface area contributed by atoms with Gasteiger partial charge in [-0.05, 0) is 43.9 Å². The minimum Gasteiger partial charge on any atom is -0.490 e. The number of aryl methyl sites for hydroxylation is 2. The number of nitrogens with two attached hydrogens (primary N) is 1. The average Bonchev–Trinajstić information content (AvgIpc) is 2.97. The number of amides is 1. The van der Waals surface area contributed by atoms with Gasteiger partial charge in [-0.15, -0.1) is 12.4 Å². The van der Waals surface area contributed by atoms with E-state index in [4.69, 9.17) is 10.5 Å². The topological polar surface area (TPSA) is 55.6 Å². The fraction of sp³-hybridized carbons (Fsp3) is 0.632. The number of benzene rings is 1. The van der Waals surface area contributed by atoms with Crippen molar-refractivity contribution < 1.29 is 9.53 Å². The minimum absolute atomic E-state index is 0. The molecule has 0 aromatic heterocycles. The third kappa shape index (κ3) is 4.22. The molecule has 2 N–H and O–H groups in total. The Morgan fingerprint density at radius 2 is 1.88 bits per heavy atom. The van der Waals surface area contributed by atoms with Gasteiger partial charge in [-0.3, -0.25) is 4.79 Å². The van der Waals surface area contributed by atoms with E-state index in [-0.39, 0.29) is 36.4 Å². The smallest absolute Gasteiger partial charge is 0.227 e. The molecule has 2 aliphatic rings. The Labute approximate surface area is 151 Å². The molecule has 0 spiro atoms. The number of piperidine rings is 1. The van der Waals surface area contributed by atoms with Gasteiger partial charge in [0.15, 0.2) is 0 Å². The van der Waals surface area contributed by atoms with Gasteiger partial charge in [0.2, 0.25) is 5.91 Å². The van der Waals surface area contributed by atoms with Gasteiger partial charge in [0.25, 0.3) is 0 Å². The highest BCUT2D eigenvalue weighted by Gasteiger charge is 2.35. The second-order valence-corrected chi connectivity index (χ2v) is 7.11. The summed E-state index contributed by atoms with van der Waals surface area (Å²) in [4.78, 5) is 14.6. The zero-order valence-electron chi connectivity index (χ0n) is 14.7. The number of ether oxygens (including phenoxy) is 1. The van der Waals surface area contributed by atoms with Crippen molar-refractivity contribution in [2.45, 2.75) is 58.1 Å². The molecular formula is C19H29ClN2O2. The second kappa shape index (κ2) is 8.21. The Morgan fingerprint density at radius 3 is 2.50 bits per heavy atom. The van der Waals surface area contributed by atoms with E-state index in [0.717, 1.165) is 50.9 Å². The molecule has 1 aliphatic heterocycles. The van der Waals surface area contributed by atoms with E-state index in [1.165, 1.54) is 11.1 Å². The van der Waals surface area contributed by atoms with Crippen LogP contribution in [0.5, 0.6) is 5.75 Å². The van der Waals surface area contributed by atoms with E-state index in [1.54, 1.807) is 0 Å². The van der Waals surface area contributed by atoms with Crippen molar-refractivity contribution in [1.29, 1.82) is 0 Å². The van der Waals surface area contributed by atoms with E-state index >= 15 is 0 Å². The summed E-state index contributed by atoms with van der Waals surface area (Å²) < 4.78 is 6.18. The van der Waals surface area contributed by atoms with Crippen molar-refractivity contribution in [3.63, 3.8) is 0 Å². The van der Waals surface area contributed by atoms with Gasteiger partial charge < -0.3 is 15.4 Å². The summed E-state index contributed by atoms with van der Waals surface area (Å²) in [5.41, 5.74) is 8.46.